The third kappa shape index (κ3) is 6.53. The molecular formula is C23H24O4. The number of hydrogen-bond acceptors (Lipinski definition) is 4. The van der Waals surface area contributed by atoms with E-state index in [1.165, 1.54) is 0 Å². The Morgan fingerprint density at radius 3 is 1.19 bits per heavy atom. The molecule has 0 aromatic heterocycles. The van der Waals surface area contributed by atoms with Crippen LogP contribution in [0.3, 0.4) is 0 Å². The molecule has 4 nitrogen and oxygen atoms in total. The zero-order valence-corrected chi connectivity index (χ0v) is 16.2. The Labute approximate surface area is 161 Å². The summed E-state index contributed by atoms with van der Waals surface area (Å²) in [5.41, 5.74) is 1.75. The van der Waals surface area contributed by atoms with Gasteiger partial charge >= 0.3 is 0 Å². The average molecular weight is 364 g/mol. The van der Waals surface area contributed by atoms with Gasteiger partial charge in [0.05, 0.1) is 28.4 Å². The van der Waals surface area contributed by atoms with E-state index in [1.807, 2.05) is 36.4 Å². The van der Waals surface area contributed by atoms with Crippen molar-refractivity contribution in [3.63, 3.8) is 0 Å². The molecular weight excluding hydrogens is 340 g/mol. The Kier molecular flexibility index (Phi) is 7.94. The molecule has 0 N–H and O–H groups in total. The van der Waals surface area contributed by atoms with E-state index < -0.39 is 0 Å². The molecule has 0 aliphatic heterocycles. The highest BCUT2D eigenvalue weighted by Gasteiger charge is 2.00. The molecule has 27 heavy (non-hydrogen) atoms. The lowest BCUT2D eigenvalue weighted by Crippen LogP contribution is -1.88. The number of hydrogen-bond donors (Lipinski definition) is 0. The van der Waals surface area contributed by atoms with E-state index >= 15 is 0 Å². The molecule has 0 bridgehead atoms. The molecule has 2 rings (SSSR count). The number of unbranched alkanes of at least 4 members (excludes halogenated alkanes) is 2. The Bertz CT molecular complexity index is 761. The number of rotatable bonds is 6. The maximum absolute atomic E-state index is 5.25. The fourth-order valence-electron chi connectivity index (χ4n) is 2.35. The third-order valence-corrected chi connectivity index (χ3v) is 3.77. The highest BCUT2D eigenvalue weighted by Crippen LogP contribution is 2.22. The minimum absolute atomic E-state index is 0.734. The second-order valence-corrected chi connectivity index (χ2v) is 5.66. The lowest BCUT2D eigenvalue weighted by molar-refractivity contribution is 0.394. The van der Waals surface area contributed by atoms with Crippen molar-refractivity contribution in [1.82, 2.24) is 0 Å². The van der Waals surface area contributed by atoms with Crippen LogP contribution in [-0.4, -0.2) is 28.4 Å². The van der Waals surface area contributed by atoms with Crippen LogP contribution in [0.2, 0.25) is 0 Å². The van der Waals surface area contributed by atoms with Gasteiger partial charge < -0.3 is 18.9 Å². The molecule has 0 heterocycles. The fraction of sp³-hybridized carbons (Fsp3) is 0.304. The number of ether oxygens (including phenoxy) is 4. The highest BCUT2D eigenvalue weighted by atomic mass is 16.5. The molecule has 140 valence electrons. The summed E-state index contributed by atoms with van der Waals surface area (Å²) in [5, 5.41) is 0. The van der Waals surface area contributed by atoms with Gasteiger partial charge in [-0.15, -0.1) is 0 Å². The fourth-order valence-corrected chi connectivity index (χ4v) is 2.35. The average Bonchev–Trinajstić information content (AvgIpc) is 2.72. The van der Waals surface area contributed by atoms with Crippen LogP contribution in [0, 0.1) is 23.7 Å². The maximum Gasteiger partial charge on any atom is 0.123 e. The molecule has 0 aliphatic carbocycles. The van der Waals surface area contributed by atoms with E-state index in [9.17, 15) is 0 Å². The molecule has 0 saturated heterocycles. The lowest BCUT2D eigenvalue weighted by Gasteiger charge is -2.04. The standard InChI is InChI=1S/C23H24O4/c1-24-20-12-18(13-21(16-20)25-2)10-8-6-5-7-9-11-19-14-22(26-3)17-23(15-19)27-4/h12-17H,5-7H2,1-4H3. The Hall–Kier alpha value is -3.24. The molecule has 0 radical (unpaired) electrons. The van der Waals surface area contributed by atoms with Crippen LogP contribution in [0.5, 0.6) is 23.0 Å². The van der Waals surface area contributed by atoms with Crippen molar-refractivity contribution in [2.24, 2.45) is 0 Å². The first kappa shape index (κ1) is 20.1. The Morgan fingerprint density at radius 2 is 0.889 bits per heavy atom. The van der Waals surface area contributed by atoms with Gasteiger partial charge in [-0.1, -0.05) is 23.7 Å². The van der Waals surface area contributed by atoms with Crippen molar-refractivity contribution < 1.29 is 18.9 Å². The number of methoxy groups -OCH3 is 4. The van der Waals surface area contributed by atoms with E-state index in [-0.39, 0.29) is 0 Å². The van der Waals surface area contributed by atoms with Crippen LogP contribution in [0.4, 0.5) is 0 Å². The SMILES string of the molecule is COc1cc(C#CCCCC#Cc2cc(OC)cc(OC)c2)cc(OC)c1. The zero-order valence-electron chi connectivity index (χ0n) is 16.2. The summed E-state index contributed by atoms with van der Waals surface area (Å²) < 4.78 is 21.0. The van der Waals surface area contributed by atoms with Crippen LogP contribution in [0.1, 0.15) is 30.4 Å². The van der Waals surface area contributed by atoms with E-state index in [0.29, 0.717) is 0 Å². The molecule has 0 atom stereocenters. The Balaban J connectivity index is 1.89. The van der Waals surface area contributed by atoms with Gasteiger partial charge in [0.2, 0.25) is 0 Å². The maximum atomic E-state index is 5.25. The molecule has 2 aromatic rings. The van der Waals surface area contributed by atoms with Crippen molar-refractivity contribution in [3.8, 4) is 46.7 Å². The second-order valence-electron chi connectivity index (χ2n) is 5.66. The predicted molar refractivity (Wildman–Crippen MR) is 107 cm³/mol. The van der Waals surface area contributed by atoms with Gasteiger partial charge in [0.15, 0.2) is 0 Å². The van der Waals surface area contributed by atoms with Crippen molar-refractivity contribution in [2.75, 3.05) is 28.4 Å². The smallest absolute Gasteiger partial charge is 0.123 e. The van der Waals surface area contributed by atoms with Crippen LogP contribution in [0.15, 0.2) is 36.4 Å². The van der Waals surface area contributed by atoms with Gasteiger partial charge in [-0.05, 0) is 30.7 Å². The molecule has 0 aliphatic rings. The first-order valence-electron chi connectivity index (χ1n) is 8.62. The zero-order chi connectivity index (χ0) is 19.5. The van der Waals surface area contributed by atoms with Gasteiger partial charge in [-0.25, -0.2) is 0 Å². The number of benzene rings is 2. The molecule has 0 saturated carbocycles. The summed E-state index contributed by atoms with van der Waals surface area (Å²) in [5.74, 6) is 15.6. The molecule has 0 fully saturated rings. The molecule has 0 amide bonds. The minimum atomic E-state index is 0.734. The van der Waals surface area contributed by atoms with Crippen molar-refractivity contribution >= 4 is 0 Å². The topological polar surface area (TPSA) is 36.9 Å². The molecule has 0 spiro atoms. The first-order chi connectivity index (χ1) is 13.2. The summed E-state index contributed by atoms with van der Waals surface area (Å²) in [7, 11) is 6.51. The van der Waals surface area contributed by atoms with Crippen molar-refractivity contribution in [1.29, 1.82) is 0 Å². The largest absolute Gasteiger partial charge is 0.497 e. The quantitative estimate of drug-likeness (QED) is 0.566. The van der Waals surface area contributed by atoms with Crippen LogP contribution in [-0.2, 0) is 0 Å². The molecule has 2 aromatic carbocycles. The van der Waals surface area contributed by atoms with Gasteiger partial charge in [-0.3, -0.25) is 0 Å². The van der Waals surface area contributed by atoms with Crippen LogP contribution in [0.25, 0.3) is 0 Å². The summed E-state index contributed by atoms with van der Waals surface area (Å²) >= 11 is 0. The summed E-state index contributed by atoms with van der Waals surface area (Å²) in [4.78, 5) is 0. The highest BCUT2D eigenvalue weighted by molar-refractivity contribution is 5.47. The van der Waals surface area contributed by atoms with Crippen LogP contribution >= 0.6 is 0 Å². The van der Waals surface area contributed by atoms with Gasteiger partial charge in [-0.2, -0.15) is 0 Å². The van der Waals surface area contributed by atoms with Gasteiger partial charge in [0.1, 0.15) is 23.0 Å². The monoisotopic (exact) mass is 364 g/mol. The minimum Gasteiger partial charge on any atom is -0.497 e. The predicted octanol–water partition coefficient (Wildman–Crippen LogP) is 4.29. The first-order valence-corrected chi connectivity index (χ1v) is 8.62. The molecule has 0 unspecified atom stereocenters. The third-order valence-electron chi connectivity index (χ3n) is 3.77. The van der Waals surface area contributed by atoms with Gasteiger partial charge in [0, 0.05) is 36.1 Å². The summed E-state index contributed by atoms with van der Waals surface area (Å²) in [6, 6.07) is 11.2. The van der Waals surface area contributed by atoms with E-state index in [0.717, 1.165) is 53.4 Å². The van der Waals surface area contributed by atoms with E-state index in [2.05, 4.69) is 23.7 Å². The van der Waals surface area contributed by atoms with E-state index in [1.54, 1.807) is 28.4 Å². The van der Waals surface area contributed by atoms with Crippen LogP contribution < -0.4 is 18.9 Å². The van der Waals surface area contributed by atoms with Crippen molar-refractivity contribution in [3.05, 3.63) is 47.5 Å². The molecule has 4 heteroatoms. The normalized spacial score (nSPS) is 9.33. The summed E-state index contributed by atoms with van der Waals surface area (Å²) in [6.07, 6.45) is 2.45. The second kappa shape index (κ2) is 10.7. The lowest BCUT2D eigenvalue weighted by atomic mass is 10.1. The van der Waals surface area contributed by atoms with Gasteiger partial charge in [0.25, 0.3) is 0 Å². The summed E-state index contributed by atoms with van der Waals surface area (Å²) in [6.45, 7) is 0. The Morgan fingerprint density at radius 1 is 0.556 bits per heavy atom. The van der Waals surface area contributed by atoms with Crippen molar-refractivity contribution in [2.45, 2.75) is 19.3 Å². The van der Waals surface area contributed by atoms with E-state index in [4.69, 9.17) is 18.9 Å².